The van der Waals surface area contributed by atoms with Crippen LogP contribution in [0.2, 0.25) is 5.02 Å². The first-order chi connectivity index (χ1) is 9.99. The zero-order valence-corrected chi connectivity index (χ0v) is 13.7. The minimum Gasteiger partial charge on any atom is -0.482 e. The maximum Gasteiger partial charge on any atom is 0.276 e. The number of carbonyl (C=O) groups is 1. The number of halogens is 1. The van der Waals surface area contributed by atoms with Crippen molar-refractivity contribution in [3.63, 3.8) is 0 Å². The van der Waals surface area contributed by atoms with Gasteiger partial charge in [0.15, 0.2) is 11.7 Å². The van der Waals surface area contributed by atoms with E-state index in [2.05, 4.69) is 30.0 Å². The van der Waals surface area contributed by atoms with Crippen molar-refractivity contribution in [2.24, 2.45) is 5.92 Å². The third-order valence-electron chi connectivity index (χ3n) is 2.52. The average molecular weight is 330 g/mol. The third kappa shape index (κ3) is 7.72. The number of ether oxygens (including phenoxy) is 1. The summed E-state index contributed by atoms with van der Waals surface area (Å²) in [5, 5.41) is 3.83. The molecule has 0 aliphatic heterocycles. The molecule has 0 unspecified atom stereocenters. The highest BCUT2D eigenvalue weighted by atomic mass is 35.5. The average Bonchev–Trinajstić information content (AvgIpc) is 2.44. The van der Waals surface area contributed by atoms with Crippen LogP contribution >= 0.6 is 23.8 Å². The maximum absolute atomic E-state index is 11.6. The van der Waals surface area contributed by atoms with Gasteiger partial charge < -0.3 is 10.1 Å². The van der Waals surface area contributed by atoms with Gasteiger partial charge in [-0.25, -0.2) is 0 Å². The number of rotatable bonds is 6. The van der Waals surface area contributed by atoms with E-state index in [9.17, 15) is 4.79 Å². The van der Waals surface area contributed by atoms with Crippen molar-refractivity contribution >= 4 is 34.8 Å². The Hall–Kier alpha value is -1.53. The lowest BCUT2D eigenvalue weighted by Crippen LogP contribution is -2.48. The van der Waals surface area contributed by atoms with Gasteiger partial charge in [-0.3, -0.25) is 15.6 Å². The normalized spacial score (nSPS) is 10.1. The van der Waals surface area contributed by atoms with E-state index in [0.29, 0.717) is 21.8 Å². The van der Waals surface area contributed by atoms with Gasteiger partial charge in [-0.2, -0.15) is 0 Å². The zero-order chi connectivity index (χ0) is 15.7. The lowest BCUT2D eigenvalue weighted by atomic mass is 10.1. The molecule has 0 saturated carbocycles. The second-order valence-electron chi connectivity index (χ2n) is 4.83. The molecule has 0 spiro atoms. The predicted octanol–water partition coefficient (Wildman–Crippen LogP) is 2.26. The molecule has 0 aromatic heterocycles. The van der Waals surface area contributed by atoms with Crippen LogP contribution in [-0.2, 0) is 4.79 Å². The second-order valence-corrected chi connectivity index (χ2v) is 5.65. The van der Waals surface area contributed by atoms with Crippen LogP contribution in [0.3, 0.4) is 0 Å². The highest BCUT2D eigenvalue weighted by molar-refractivity contribution is 7.80. The molecule has 0 atom stereocenters. The number of carbonyl (C=O) groups excluding carboxylic acids is 1. The van der Waals surface area contributed by atoms with Gasteiger partial charge in [0.2, 0.25) is 0 Å². The predicted molar refractivity (Wildman–Crippen MR) is 88.3 cm³/mol. The number of nitrogens with one attached hydrogen (secondary N) is 3. The van der Waals surface area contributed by atoms with Crippen LogP contribution in [0.25, 0.3) is 0 Å². The second kappa shape index (κ2) is 9.41. The fourth-order valence-corrected chi connectivity index (χ4v) is 1.73. The lowest BCUT2D eigenvalue weighted by molar-refractivity contribution is -0.123. The van der Waals surface area contributed by atoms with E-state index in [0.717, 1.165) is 13.0 Å². The smallest absolute Gasteiger partial charge is 0.276 e. The minimum absolute atomic E-state index is 0.147. The third-order valence-corrected chi connectivity index (χ3v) is 3.08. The number of hydrogen-bond acceptors (Lipinski definition) is 3. The lowest BCUT2D eigenvalue weighted by Gasteiger charge is -2.13. The van der Waals surface area contributed by atoms with E-state index in [1.54, 1.807) is 24.3 Å². The molecule has 1 aromatic carbocycles. The number of hydrogen-bond donors (Lipinski definition) is 3. The quantitative estimate of drug-likeness (QED) is 0.552. The largest absolute Gasteiger partial charge is 0.482 e. The van der Waals surface area contributed by atoms with Crippen LogP contribution in [0.4, 0.5) is 0 Å². The van der Waals surface area contributed by atoms with E-state index in [-0.39, 0.29) is 12.5 Å². The number of benzene rings is 1. The van der Waals surface area contributed by atoms with E-state index >= 15 is 0 Å². The molecule has 21 heavy (non-hydrogen) atoms. The van der Waals surface area contributed by atoms with Gasteiger partial charge in [0.25, 0.3) is 5.91 Å². The first kappa shape index (κ1) is 17.5. The van der Waals surface area contributed by atoms with Crippen molar-refractivity contribution in [1.82, 2.24) is 16.2 Å². The van der Waals surface area contributed by atoms with Crippen LogP contribution in [0, 0.1) is 5.92 Å². The summed E-state index contributed by atoms with van der Waals surface area (Å²) in [4.78, 5) is 11.6. The summed E-state index contributed by atoms with van der Waals surface area (Å²) in [5.74, 6) is 0.716. The number of amides is 1. The molecule has 0 fully saturated rings. The monoisotopic (exact) mass is 329 g/mol. The fourth-order valence-electron chi connectivity index (χ4n) is 1.39. The Balaban J connectivity index is 2.19. The van der Waals surface area contributed by atoms with Crippen molar-refractivity contribution in [1.29, 1.82) is 0 Å². The Bertz CT molecular complexity index is 483. The molecule has 1 rings (SSSR count). The molecule has 5 nitrogen and oxygen atoms in total. The SMILES string of the molecule is CC(C)CCNC(=S)NNC(=O)COc1ccccc1Cl. The van der Waals surface area contributed by atoms with E-state index in [1.807, 2.05) is 0 Å². The molecule has 1 aromatic rings. The Labute approximate surface area is 135 Å². The van der Waals surface area contributed by atoms with Crippen LogP contribution in [0.5, 0.6) is 5.75 Å². The molecule has 1 amide bonds. The summed E-state index contributed by atoms with van der Waals surface area (Å²) in [7, 11) is 0. The molecule has 7 heteroatoms. The zero-order valence-electron chi connectivity index (χ0n) is 12.1. The molecule has 3 N–H and O–H groups in total. The Morgan fingerprint density at radius 1 is 1.33 bits per heavy atom. The van der Waals surface area contributed by atoms with Gasteiger partial charge in [0.1, 0.15) is 5.75 Å². The van der Waals surface area contributed by atoms with Crippen LogP contribution in [0.15, 0.2) is 24.3 Å². The molecule has 0 bridgehead atoms. The Kier molecular flexibility index (Phi) is 7.85. The van der Waals surface area contributed by atoms with Crippen LogP contribution < -0.4 is 20.9 Å². The van der Waals surface area contributed by atoms with Crippen molar-refractivity contribution in [3.8, 4) is 5.75 Å². The summed E-state index contributed by atoms with van der Waals surface area (Å²) in [6, 6.07) is 6.96. The number of para-hydroxylation sites is 1. The first-order valence-electron chi connectivity index (χ1n) is 6.69. The van der Waals surface area contributed by atoms with Crippen LogP contribution in [-0.4, -0.2) is 24.2 Å². The maximum atomic E-state index is 11.6. The molecule has 0 heterocycles. The van der Waals surface area contributed by atoms with E-state index in [4.69, 9.17) is 28.6 Å². The molecule has 0 saturated heterocycles. The molecular weight excluding hydrogens is 310 g/mol. The van der Waals surface area contributed by atoms with Gasteiger partial charge in [0, 0.05) is 6.54 Å². The highest BCUT2D eigenvalue weighted by Gasteiger charge is 2.05. The standard InChI is InChI=1S/C14H20ClN3O2S/c1-10(2)7-8-16-14(21)18-17-13(19)9-20-12-6-4-3-5-11(12)15/h3-6,10H,7-9H2,1-2H3,(H,17,19)(H2,16,18,21). The van der Waals surface area contributed by atoms with Gasteiger partial charge in [0.05, 0.1) is 5.02 Å². The van der Waals surface area contributed by atoms with E-state index in [1.165, 1.54) is 0 Å². The summed E-state index contributed by atoms with van der Waals surface area (Å²) in [5.41, 5.74) is 5.06. The van der Waals surface area contributed by atoms with Crippen molar-refractivity contribution in [2.75, 3.05) is 13.2 Å². The van der Waals surface area contributed by atoms with Crippen molar-refractivity contribution in [2.45, 2.75) is 20.3 Å². The van der Waals surface area contributed by atoms with Gasteiger partial charge in [-0.1, -0.05) is 37.6 Å². The molecule has 0 aliphatic rings. The van der Waals surface area contributed by atoms with E-state index < -0.39 is 0 Å². The number of thiocarbonyl (C=S) groups is 1. The molecule has 116 valence electrons. The number of hydrazine groups is 1. The Morgan fingerprint density at radius 3 is 2.71 bits per heavy atom. The van der Waals surface area contributed by atoms with Crippen molar-refractivity contribution < 1.29 is 9.53 Å². The minimum atomic E-state index is -0.345. The van der Waals surface area contributed by atoms with Gasteiger partial charge >= 0.3 is 0 Å². The van der Waals surface area contributed by atoms with Gasteiger partial charge in [-0.15, -0.1) is 0 Å². The molecule has 0 radical (unpaired) electrons. The summed E-state index contributed by atoms with van der Waals surface area (Å²) in [6.45, 7) is 4.87. The topological polar surface area (TPSA) is 62.4 Å². The van der Waals surface area contributed by atoms with Crippen LogP contribution in [0.1, 0.15) is 20.3 Å². The highest BCUT2D eigenvalue weighted by Crippen LogP contribution is 2.22. The Morgan fingerprint density at radius 2 is 2.05 bits per heavy atom. The van der Waals surface area contributed by atoms with Crippen molar-refractivity contribution in [3.05, 3.63) is 29.3 Å². The fraction of sp³-hybridized carbons (Fsp3) is 0.429. The first-order valence-corrected chi connectivity index (χ1v) is 7.47. The summed E-state index contributed by atoms with van der Waals surface area (Å²) < 4.78 is 5.30. The molecule has 0 aliphatic carbocycles. The molecular formula is C14H20ClN3O2S. The summed E-state index contributed by atoms with van der Waals surface area (Å²) in [6.07, 6.45) is 1.01. The summed E-state index contributed by atoms with van der Waals surface area (Å²) >= 11 is 10.9. The van der Waals surface area contributed by atoms with Gasteiger partial charge in [-0.05, 0) is 36.7 Å².